The summed E-state index contributed by atoms with van der Waals surface area (Å²) in [5, 5.41) is 2.76. The van der Waals surface area contributed by atoms with Crippen molar-refractivity contribution in [1.82, 2.24) is 4.57 Å². The second kappa shape index (κ2) is 5.86. The lowest BCUT2D eigenvalue weighted by molar-refractivity contribution is -0.116. The van der Waals surface area contributed by atoms with Crippen LogP contribution < -0.4 is 10.1 Å². The first-order valence-electron chi connectivity index (χ1n) is 5.76. The summed E-state index contributed by atoms with van der Waals surface area (Å²) in [5.74, 6) is 0.517. The summed E-state index contributed by atoms with van der Waals surface area (Å²) in [4.78, 5) is 22.4. The van der Waals surface area contributed by atoms with Gasteiger partial charge in [-0.2, -0.15) is 0 Å². The monoisotopic (exact) mass is 258 g/mol. The van der Waals surface area contributed by atoms with E-state index >= 15 is 0 Å². The number of amides is 1. The van der Waals surface area contributed by atoms with Gasteiger partial charge in [-0.05, 0) is 18.2 Å². The molecule has 19 heavy (non-hydrogen) atoms. The Kier molecular flexibility index (Phi) is 3.97. The molecular formula is C14H14N2O3. The number of hydrogen-bond acceptors (Lipinski definition) is 3. The number of nitrogens with zero attached hydrogens (tertiary/aromatic N) is 1. The highest BCUT2D eigenvalue weighted by Gasteiger charge is 2.04. The van der Waals surface area contributed by atoms with Crippen LogP contribution in [0, 0.1) is 0 Å². The number of aldehydes is 1. The third-order valence-electron chi connectivity index (χ3n) is 2.59. The van der Waals surface area contributed by atoms with E-state index in [1.165, 1.54) is 0 Å². The van der Waals surface area contributed by atoms with Gasteiger partial charge in [0.15, 0.2) is 6.29 Å². The van der Waals surface area contributed by atoms with Crippen LogP contribution in [-0.2, 0) is 11.3 Å². The number of aromatic nitrogens is 1. The SMILES string of the molecule is COc1cccc(NC(=O)Cn2ccc(C=O)c2)c1. The van der Waals surface area contributed by atoms with Gasteiger partial charge in [0.1, 0.15) is 12.3 Å². The van der Waals surface area contributed by atoms with Crippen LogP contribution in [-0.4, -0.2) is 23.9 Å². The van der Waals surface area contributed by atoms with Crippen LogP contribution in [0.4, 0.5) is 5.69 Å². The van der Waals surface area contributed by atoms with Gasteiger partial charge < -0.3 is 14.6 Å². The number of carbonyl (C=O) groups is 2. The van der Waals surface area contributed by atoms with Crippen LogP contribution in [0.25, 0.3) is 0 Å². The smallest absolute Gasteiger partial charge is 0.244 e. The molecular weight excluding hydrogens is 244 g/mol. The first-order chi connectivity index (χ1) is 9.21. The molecule has 0 aliphatic carbocycles. The average molecular weight is 258 g/mol. The summed E-state index contributed by atoms with van der Waals surface area (Å²) in [7, 11) is 1.57. The maximum Gasteiger partial charge on any atom is 0.244 e. The van der Waals surface area contributed by atoms with E-state index in [0.717, 1.165) is 6.29 Å². The van der Waals surface area contributed by atoms with Crippen LogP contribution in [0.3, 0.4) is 0 Å². The van der Waals surface area contributed by atoms with Gasteiger partial charge in [-0.1, -0.05) is 6.07 Å². The maximum atomic E-state index is 11.8. The predicted octanol–water partition coefficient (Wildman–Crippen LogP) is 1.95. The number of methoxy groups -OCH3 is 1. The lowest BCUT2D eigenvalue weighted by atomic mass is 10.3. The largest absolute Gasteiger partial charge is 0.497 e. The maximum absolute atomic E-state index is 11.8. The molecule has 1 amide bonds. The van der Waals surface area contributed by atoms with Gasteiger partial charge in [-0.25, -0.2) is 0 Å². The predicted molar refractivity (Wildman–Crippen MR) is 71.4 cm³/mol. The third-order valence-corrected chi connectivity index (χ3v) is 2.59. The number of benzene rings is 1. The van der Waals surface area contributed by atoms with E-state index < -0.39 is 0 Å². The molecule has 1 N–H and O–H groups in total. The Morgan fingerprint density at radius 3 is 2.95 bits per heavy atom. The van der Waals surface area contributed by atoms with Crippen LogP contribution in [0.1, 0.15) is 10.4 Å². The van der Waals surface area contributed by atoms with Crippen molar-refractivity contribution < 1.29 is 14.3 Å². The highest BCUT2D eigenvalue weighted by molar-refractivity contribution is 5.90. The number of ether oxygens (including phenoxy) is 1. The van der Waals surface area contributed by atoms with E-state index in [1.54, 1.807) is 54.4 Å². The highest BCUT2D eigenvalue weighted by Crippen LogP contribution is 2.16. The fraction of sp³-hybridized carbons (Fsp3) is 0.143. The minimum atomic E-state index is -0.165. The van der Waals surface area contributed by atoms with E-state index in [2.05, 4.69) is 5.32 Å². The van der Waals surface area contributed by atoms with E-state index in [9.17, 15) is 9.59 Å². The van der Waals surface area contributed by atoms with Crippen LogP contribution in [0.2, 0.25) is 0 Å². The van der Waals surface area contributed by atoms with Crippen LogP contribution in [0.15, 0.2) is 42.7 Å². The zero-order chi connectivity index (χ0) is 13.7. The molecule has 0 saturated heterocycles. The van der Waals surface area contributed by atoms with E-state index in [-0.39, 0.29) is 12.5 Å². The van der Waals surface area contributed by atoms with Gasteiger partial charge in [0.2, 0.25) is 5.91 Å². The van der Waals surface area contributed by atoms with E-state index in [1.807, 2.05) is 0 Å². The van der Waals surface area contributed by atoms with Crippen molar-refractivity contribution >= 4 is 17.9 Å². The number of nitrogens with one attached hydrogen (secondary N) is 1. The molecule has 2 aromatic rings. The van der Waals surface area contributed by atoms with Gasteiger partial charge in [-0.15, -0.1) is 0 Å². The lowest BCUT2D eigenvalue weighted by Gasteiger charge is -2.07. The normalized spacial score (nSPS) is 9.95. The highest BCUT2D eigenvalue weighted by atomic mass is 16.5. The first-order valence-corrected chi connectivity index (χ1v) is 5.76. The molecule has 0 aliphatic heterocycles. The molecule has 1 aromatic carbocycles. The zero-order valence-electron chi connectivity index (χ0n) is 10.5. The average Bonchev–Trinajstić information content (AvgIpc) is 2.86. The Hall–Kier alpha value is -2.56. The van der Waals surface area contributed by atoms with Gasteiger partial charge in [-0.3, -0.25) is 9.59 Å². The topological polar surface area (TPSA) is 60.3 Å². The molecule has 2 rings (SSSR count). The van der Waals surface area contributed by atoms with Crippen molar-refractivity contribution in [3.8, 4) is 5.75 Å². The first kappa shape index (κ1) is 12.9. The molecule has 0 atom stereocenters. The summed E-state index contributed by atoms with van der Waals surface area (Å²) < 4.78 is 6.73. The summed E-state index contributed by atoms with van der Waals surface area (Å²) in [6.45, 7) is 0.158. The van der Waals surface area contributed by atoms with Gasteiger partial charge in [0.05, 0.1) is 7.11 Å². The molecule has 5 heteroatoms. The molecule has 1 heterocycles. The Balaban J connectivity index is 1.98. The minimum Gasteiger partial charge on any atom is -0.497 e. The lowest BCUT2D eigenvalue weighted by Crippen LogP contribution is -2.17. The molecule has 0 unspecified atom stereocenters. The fourth-order valence-electron chi connectivity index (χ4n) is 1.69. The van der Waals surface area contributed by atoms with Crippen molar-refractivity contribution in [3.63, 3.8) is 0 Å². The van der Waals surface area contributed by atoms with Gasteiger partial charge in [0.25, 0.3) is 0 Å². The number of carbonyl (C=O) groups excluding carboxylic acids is 2. The molecule has 0 radical (unpaired) electrons. The van der Waals surface area contributed by atoms with Crippen molar-refractivity contribution in [3.05, 3.63) is 48.3 Å². The summed E-state index contributed by atoms with van der Waals surface area (Å²) in [5.41, 5.74) is 1.22. The summed E-state index contributed by atoms with van der Waals surface area (Å²) in [6, 6.07) is 8.79. The summed E-state index contributed by atoms with van der Waals surface area (Å²) >= 11 is 0. The molecule has 0 aliphatic rings. The second-order valence-electron chi connectivity index (χ2n) is 4.02. The number of rotatable bonds is 5. The Morgan fingerprint density at radius 2 is 2.26 bits per heavy atom. The summed E-state index contributed by atoms with van der Waals surface area (Å²) in [6.07, 6.45) is 4.06. The molecule has 5 nitrogen and oxygen atoms in total. The third kappa shape index (κ3) is 3.45. The molecule has 0 bridgehead atoms. The Morgan fingerprint density at radius 1 is 1.42 bits per heavy atom. The molecule has 0 spiro atoms. The number of anilines is 1. The fourth-order valence-corrected chi connectivity index (χ4v) is 1.69. The standard InChI is InChI=1S/C14H14N2O3/c1-19-13-4-2-3-12(7-13)15-14(18)9-16-6-5-11(8-16)10-17/h2-8,10H,9H2,1H3,(H,15,18). The van der Waals surface area contributed by atoms with Crippen molar-refractivity contribution in [2.45, 2.75) is 6.54 Å². The minimum absolute atomic E-state index is 0.158. The quantitative estimate of drug-likeness (QED) is 0.834. The van der Waals surface area contributed by atoms with Crippen LogP contribution in [0.5, 0.6) is 5.75 Å². The molecule has 1 aromatic heterocycles. The Labute approximate surface area is 110 Å². The molecule has 0 fully saturated rings. The molecule has 98 valence electrons. The van der Waals surface area contributed by atoms with E-state index in [0.29, 0.717) is 17.0 Å². The Bertz CT molecular complexity index is 590. The zero-order valence-corrected chi connectivity index (χ0v) is 10.5. The van der Waals surface area contributed by atoms with E-state index in [4.69, 9.17) is 4.74 Å². The van der Waals surface area contributed by atoms with Gasteiger partial charge >= 0.3 is 0 Å². The molecule has 0 saturated carbocycles. The van der Waals surface area contributed by atoms with Gasteiger partial charge in [0, 0.05) is 29.7 Å². The van der Waals surface area contributed by atoms with Crippen molar-refractivity contribution in [2.75, 3.05) is 12.4 Å². The van der Waals surface area contributed by atoms with Crippen molar-refractivity contribution in [1.29, 1.82) is 0 Å². The van der Waals surface area contributed by atoms with Crippen LogP contribution >= 0.6 is 0 Å². The number of hydrogen-bond donors (Lipinski definition) is 1. The second-order valence-corrected chi connectivity index (χ2v) is 4.02. The van der Waals surface area contributed by atoms with Crippen molar-refractivity contribution in [2.24, 2.45) is 0 Å².